The van der Waals surface area contributed by atoms with E-state index in [1.165, 1.54) is 0 Å². The molecule has 0 aromatic heterocycles. The molecule has 66 valence electrons. The highest BCUT2D eigenvalue weighted by molar-refractivity contribution is 7.59. The Morgan fingerprint density at radius 3 is 2.91 bits per heavy atom. The Morgan fingerprint density at radius 1 is 1.73 bits per heavy atom. The lowest BCUT2D eigenvalue weighted by atomic mass is 10.2. The van der Waals surface area contributed by atoms with Crippen LogP contribution in [0.4, 0.5) is 0 Å². The van der Waals surface area contributed by atoms with Gasteiger partial charge >= 0.3 is 0 Å². The van der Waals surface area contributed by atoms with Crippen molar-refractivity contribution >= 4 is 7.37 Å². The van der Waals surface area contributed by atoms with E-state index >= 15 is 0 Å². The summed E-state index contributed by atoms with van der Waals surface area (Å²) < 4.78 is 16.8. The summed E-state index contributed by atoms with van der Waals surface area (Å²) in [4.78, 5) is 0. The minimum absolute atomic E-state index is 0.0294. The van der Waals surface area contributed by atoms with Crippen molar-refractivity contribution in [2.45, 2.75) is 13.3 Å². The fourth-order valence-electron chi connectivity index (χ4n) is 1.40. The van der Waals surface area contributed by atoms with E-state index in [1.807, 2.05) is 0 Å². The van der Waals surface area contributed by atoms with E-state index in [-0.39, 0.29) is 13.2 Å². The van der Waals surface area contributed by atoms with E-state index < -0.39 is 7.37 Å². The van der Waals surface area contributed by atoms with Crippen molar-refractivity contribution < 1.29 is 14.2 Å². The van der Waals surface area contributed by atoms with Crippen molar-refractivity contribution in [1.82, 2.24) is 0 Å². The lowest BCUT2D eigenvalue weighted by molar-refractivity contribution is 0.203. The van der Waals surface area contributed by atoms with Crippen LogP contribution in [0.2, 0.25) is 0 Å². The number of hydrogen-bond donors (Lipinski definition) is 1. The SMILES string of the molecule is CC1CCP(=O)(OCCO)C1. The molecule has 1 rings (SSSR count). The summed E-state index contributed by atoms with van der Waals surface area (Å²) in [5.41, 5.74) is 0. The second-order valence-electron chi connectivity index (χ2n) is 3.17. The van der Waals surface area contributed by atoms with Crippen molar-refractivity contribution in [3.8, 4) is 0 Å². The lowest BCUT2D eigenvalue weighted by Gasteiger charge is -2.10. The van der Waals surface area contributed by atoms with Gasteiger partial charge in [0.05, 0.1) is 13.2 Å². The summed E-state index contributed by atoms with van der Waals surface area (Å²) in [6, 6.07) is 0. The first-order chi connectivity index (χ1) is 5.16. The molecule has 3 nitrogen and oxygen atoms in total. The molecule has 0 spiro atoms. The van der Waals surface area contributed by atoms with Gasteiger partial charge in [-0.2, -0.15) is 0 Å². The average molecular weight is 178 g/mol. The molecule has 0 amide bonds. The molecule has 0 aromatic carbocycles. The molecule has 1 fully saturated rings. The second kappa shape index (κ2) is 3.70. The summed E-state index contributed by atoms with van der Waals surface area (Å²) in [7, 11) is -2.30. The van der Waals surface area contributed by atoms with E-state index in [2.05, 4.69) is 6.92 Å². The van der Waals surface area contributed by atoms with Gasteiger partial charge in [-0.05, 0) is 12.3 Å². The zero-order valence-corrected chi connectivity index (χ0v) is 7.72. The zero-order chi connectivity index (χ0) is 8.32. The van der Waals surface area contributed by atoms with Crippen LogP contribution in [-0.2, 0) is 9.09 Å². The molecule has 0 aliphatic carbocycles. The number of rotatable bonds is 3. The summed E-state index contributed by atoms with van der Waals surface area (Å²) in [5.74, 6) is 0.527. The molecule has 1 aliphatic heterocycles. The first-order valence-electron chi connectivity index (χ1n) is 4.00. The molecule has 1 heterocycles. The van der Waals surface area contributed by atoms with E-state index in [9.17, 15) is 4.57 Å². The topological polar surface area (TPSA) is 46.5 Å². The molecule has 0 radical (unpaired) electrons. The second-order valence-corrected chi connectivity index (χ2v) is 5.87. The van der Waals surface area contributed by atoms with Gasteiger partial charge in [-0.25, -0.2) is 0 Å². The molecule has 1 aliphatic rings. The molecular weight excluding hydrogens is 163 g/mol. The number of aliphatic hydroxyl groups excluding tert-OH is 1. The summed E-state index contributed by atoms with van der Waals surface area (Å²) >= 11 is 0. The highest BCUT2D eigenvalue weighted by Crippen LogP contribution is 2.54. The Bertz CT molecular complexity index is 169. The molecule has 1 N–H and O–H groups in total. The van der Waals surface area contributed by atoms with Crippen molar-refractivity contribution in [3.63, 3.8) is 0 Å². The third-order valence-electron chi connectivity index (χ3n) is 1.97. The van der Waals surface area contributed by atoms with E-state index in [4.69, 9.17) is 9.63 Å². The van der Waals surface area contributed by atoms with Crippen molar-refractivity contribution in [2.24, 2.45) is 5.92 Å². The minimum atomic E-state index is -2.30. The third-order valence-corrected chi connectivity index (χ3v) is 4.74. The predicted molar refractivity (Wildman–Crippen MR) is 44.2 cm³/mol. The Morgan fingerprint density at radius 2 is 2.45 bits per heavy atom. The van der Waals surface area contributed by atoms with Crippen LogP contribution in [0.3, 0.4) is 0 Å². The van der Waals surface area contributed by atoms with Crippen molar-refractivity contribution in [3.05, 3.63) is 0 Å². The Labute approximate surface area is 67.2 Å². The number of hydrogen-bond acceptors (Lipinski definition) is 3. The van der Waals surface area contributed by atoms with E-state index in [0.717, 1.165) is 6.42 Å². The molecular formula is C7H15O3P. The molecule has 2 unspecified atom stereocenters. The molecule has 1 saturated heterocycles. The third kappa shape index (κ3) is 2.58. The van der Waals surface area contributed by atoms with Crippen LogP contribution in [0.5, 0.6) is 0 Å². The monoisotopic (exact) mass is 178 g/mol. The molecule has 0 bridgehead atoms. The predicted octanol–water partition coefficient (Wildman–Crippen LogP) is 1.31. The Kier molecular flexibility index (Phi) is 3.11. The van der Waals surface area contributed by atoms with Gasteiger partial charge in [0.2, 0.25) is 7.37 Å². The zero-order valence-electron chi connectivity index (χ0n) is 6.82. The van der Waals surface area contributed by atoms with E-state index in [1.54, 1.807) is 0 Å². The van der Waals surface area contributed by atoms with Crippen LogP contribution in [0.1, 0.15) is 13.3 Å². The van der Waals surface area contributed by atoms with Gasteiger partial charge in [-0.3, -0.25) is 4.57 Å². The van der Waals surface area contributed by atoms with Gasteiger partial charge in [0.15, 0.2) is 0 Å². The fourth-order valence-corrected chi connectivity index (χ4v) is 4.20. The lowest BCUT2D eigenvalue weighted by Crippen LogP contribution is -1.99. The summed E-state index contributed by atoms with van der Waals surface area (Å²) in [6.45, 7) is 2.28. The maximum Gasteiger partial charge on any atom is 0.203 e. The summed E-state index contributed by atoms with van der Waals surface area (Å²) in [6.07, 6.45) is 2.41. The molecule has 11 heavy (non-hydrogen) atoms. The number of aliphatic hydroxyl groups is 1. The highest BCUT2D eigenvalue weighted by atomic mass is 31.2. The standard InChI is InChI=1S/C7H15O3P/c1-7-2-5-11(9,6-7)10-4-3-8/h7-8H,2-6H2,1H3. The van der Waals surface area contributed by atoms with Gasteiger partial charge < -0.3 is 9.63 Å². The molecule has 4 heteroatoms. The van der Waals surface area contributed by atoms with Crippen LogP contribution in [0, 0.1) is 5.92 Å². The smallest absolute Gasteiger partial charge is 0.203 e. The van der Waals surface area contributed by atoms with Crippen LogP contribution >= 0.6 is 7.37 Å². The van der Waals surface area contributed by atoms with Gasteiger partial charge in [0.25, 0.3) is 0 Å². The normalized spacial score (nSPS) is 37.8. The van der Waals surface area contributed by atoms with Gasteiger partial charge in [-0.1, -0.05) is 6.92 Å². The van der Waals surface area contributed by atoms with Crippen molar-refractivity contribution in [1.29, 1.82) is 0 Å². The first-order valence-corrected chi connectivity index (χ1v) is 5.99. The van der Waals surface area contributed by atoms with Crippen molar-refractivity contribution in [2.75, 3.05) is 25.5 Å². The molecule has 0 aromatic rings. The average Bonchev–Trinajstić information content (AvgIpc) is 2.28. The molecule has 0 saturated carbocycles. The fraction of sp³-hybridized carbons (Fsp3) is 1.00. The quantitative estimate of drug-likeness (QED) is 0.663. The maximum absolute atomic E-state index is 11.6. The van der Waals surface area contributed by atoms with Crippen LogP contribution in [0.25, 0.3) is 0 Å². The van der Waals surface area contributed by atoms with Crippen LogP contribution in [-0.4, -0.2) is 30.6 Å². The minimum Gasteiger partial charge on any atom is -0.394 e. The van der Waals surface area contributed by atoms with Gasteiger partial charge in [0, 0.05) is 12.3 Å². The Balaban J connectivity index is 2.36. The van der Waals surface area contributed by atoms with Crippen LogP contribution in [0.15, 0.2) is 0 Å². The Hall–Kier alpha value is 0.150. The van der Waals surface area contributed by atoms with E-state index in [0.29, 0.717) is 18.2 Å². The van der Waals surface area contributed by atoms with Gasteiger partial charge in [-0.15, -0.1) is 0 Å². The maximum atomic E-state index is 11.6. The van der Waals surface area contributed by atoms with Gasteiger partial charge in [0.1, 0.15) is 0 Å². The molecule has 2 atom stereocenters. The first kappa shape index (κ1) is 9.24. The van der Waals surface area contributed by atoms with Crippen LogP contribution < -0.4 is 0 Å². The highest BCUT2D eigenvalue weighted by Gasteiger charge is 2.32. The largest absolute Gasteiger partial charge is 0.394 e. The summed E-state index contributed by atoms with van der Waals surface area (Å²) in [5, 5.41) is 8.46.